The Hall–Kier alpha value is -2.33. The molecule has 1 aromatic carbocycles. The van der Waals surface area contributed by atoms with Gasteiger partial charge >= 0.3 is 0 Å². The third-order valence-electron chi connectivity index (χ3n) is 3.15. The molecule has 8 nitrogen and oxygen atoms in total. The molecular formula is C16H22N6O2S. The molecule has 0 saturated carbocycles. The average Bonchev–Trinajstić information content (AvgIpc) is 2.63. The predicted octanol–water partition coefficient (Wildman–Crippen LogP) is 0.675. The number of methoxy groups -OCH3 is 1. The van der Waals surface area contributed by atoms with E-state index in [0.717, 1.165) is 16.2 Å². The maximum Gasteiger partial charge on any atom is 0.152 e. The van der Waals surface area contributed by atoms with Crippen LogP contribution >= 0.6 is 11.9 Å². The lowest BCUT2D eigenvalue weighted by Crippen LogP contribution is -2.29. The summed E-state index contributed by atoms with van der Waals surface area (Å²) in [6, 6.07) is 11.2. The van der Waals surface area contributed by atoms with Gasteiger partial charge in [-0.25, -0.2) is 11.0 Å². The first-order valence-electron chi connectivity index (χ1n) is 7.58. The van der Waals surface area contributed by atoms with E-state index in [0.29, 0.717) is 24.7 Å². The quantitative estimate of drug-likeness (QED) is 0.128. The van der Waals surface area contributed by atoms with E-state index in [4.69, 9.17) is 21.4 Å². The van der Waals surface area contributed by atoms with Crippen LogP contribution in [0.15, 0.2) is 52.6 Å². The van der Waals surface area contributed by atoms with Gasteiger partial charge in [-0.3, -0.25) is 9.71 Å². The second kappa shape index (κ2) is 9.84. The van der Waals surface area contributed by atoms with E-state index in [1.807, 2.05) is 36.4 Å². The van der Waals surface area contributed by atoms with Crippen molar-refractivity contribution in [3.63, 3.8) is 0 Å². The number of rotatable bonds is 9. The number of ether oxygens (including phenoxy) is 1. The number of aromatic nitrogens is 1. The lowest BCUT2D eigenvalue weighted by molar-refractivity contribution is 0.286. The number of amidine groups is 1. The molecule has 6 N–H and O–H groups in total. The number of nitrogens with zero attached hydrogens (tertiary/aromatic N) is 3. The summed E-state index contributed by atoms with van der Waals surface area (Å²) < 4.78 is 8.09. The molecule has 1 aromatic heterocycles. The van der Waals surface area contributed by atoms with Crippen LogP contribution in [0.1, 0.15) is 11.3 Å². The second-order valence-electron chi connectivity index (χ2n) is 5.02. The Bertz CT molecular complexity index is 678. The Morgan fingerprint density at radius 2 is 2.08 bits per heavy atom. The fourth-order valence-corrected chi connectivity index (χ4v) is 2.53. The molecule has 0 amide bonds. The van der Waals surface area contributed by atoms with Crippen molar-refractivity contribution in [2.24, 2.45) is 16.7 Å². The second-order valence-corrected chi connectivity index (χ2v) is 5.98. The van der Waals surface area contributed by atoms with Crippen LogP contribution in [0.25, 0.3) is 0 Å². The molecule has 25 heavy (non-hydrogen) atoms. The van der Waals surface area contributed by atoms with Crippen molar-refractivity contribution in [3.05, 3.63) is 53.9 Å². The maximum absolute atomic E-state index is 8.74. The van der Waals surface area contributed by atoms with Crippen LogP contribution in [-0.2, 0) is 6.54 Å². The minimum Gasteiger partial charge on any atom is -0.495 e. The van der Waals surface area contributed by atoms with Crippen molar-refractivity contribution in [1.29, 1.82) is 0 Å². The van der Waals surface area contributed by atoms with Crippen molar-refractivity contribution in [2.75, 3.05) is 20.3 Å². The molecular weight excluding hydrogens is 340 g/mol. The highest BCUT2D eigenvalue weighted by atomic mass is 32.2. The van der Waals surface area contributed by atoms with E-state index < -0.39 is 0 Å². The van der Waals surface area contributed by atoms with Crippen LogP contribution in [0, 0.1) is 0 Å². The predicted molar refractivity (Wildman–Crippen MR) is 98.6 cm³/mol. The zero-order chi connectivity index (χ0) is 18.1. The van der Waals surface area contributed by atoms with Crippen LogP contribution in [0.3, 0.4) is 0 Å². The first-order chi connectivity index (χ1) is 12.1. The minimum absolute atomic E-state index is 0.0973. The summed E-state index contributed by atoms with van der Waals surface area (Å²) in [5, 5.41) is 14.2. The summed E-state index contributed by atoms with van der Waals surface area (Å²) in [5.41, 5.74) is 7.52. The van der Waals surface area contributed by atoms with Crippen molar-refractivity contribution in [3.8, 4) is 5.75 Å². The van der Waals surface area contributed by atoms with Gasteiger partial charge in [-0.15, -0.1) is 5.10 Å². The van der Waals surface area contributed by atoms with Gasteiger partial charge in [0.15, 0.2) is 5.84 Å². The van der Waals surface area contributed by atoms with Gasteiger partial charge in [0.25, 0.3) is 0 Å². The molecule has 0 fully saturated rings. The molecule has 0 spiro atoms. The monoisotopic (exact) mass is 362 g/mol. The van der Waals surface area contributed by atoms with Gasteiger partial charge in [-0.1, -0.05) is 12.1 Å². The smallest absolute Gasteiger partial charge is 0.152 e. The summed E-state index contributed by atoms with van der Waals surface area (Å²) >= 11 is 1.44. The van der Waals surface area contributed by atoms with Crippen LogP contribution in [0.4, 0.5) is 0 Å². The van der Waals surface area contributed by atoms with Gasteiger partial charge in [0.1, 0.15) is 5.75 Å². The minimum atomic E-state index is 0.0973. The van der Waals surface area contributed by atoms with E-state index >= 15 is 0 Å². The highest BCUT2D eigenvalue weighted by Gasteiger charge is 2.04. The largest absolute Gasteiger partial charge is 0.495 e. The number of hydrazone groups is 1. The number of aliphatic hydroxyl groups is 1. The molecule has 0 aliphatic rings. The number of hydrogen-bond donors (Lipinski definition) is 4. The van der Waals surface area contributed by atoms with Crippen molar-refractivity contribution in [1.82, 2.24) is 14.8 Å². The summed E-state index contributed by atoms with van der Waals surface area (Å²) in [7, 11) is 1.59. The lowest BCUT2D eigenvalue weighted by Gasteiger charge is -2.13. The molecule has 2 rings (SSSR count). The highest BCUT2D eigenvalue weighted by Crippen LogP contribution is 2.15. The van der Waals surface area contributed by atoms with Crippen LogP contribution < -0.4 is 21.0 Å². The van der Waals surface area contributed by atoms with Gasteiger partial charge in [0, 0.05) is 17.0 Å². The van der Waals surface area contributed by atoms with E-state index in [1.165, 1.54) is 17.1 Å². The zero-order valence-corrected chi connectivity index (χ0v) is 14.7. The van der Waals surface area contributed by atoms with E-state index in [9.17, 15) is 0 Å². The van der Waals surface area contributed by atoms with Gasteiger partial charge in [-0.2, -0.15) is 0 Å². The van der Waals surface area contributed by atoms with Crippen molar-refractivity contribution in [2.45, 2.75) is 11.4 Å². The van der Waals surface area contributed by atoms with E-state index in [1.54, 1.807) is 13.3 Å². The number of nitrogens with two attached hydrogens (primary N) is 2. The molecule has 0 unspecified atom stereocenters. The third-order valence-corrected chi connectivity index (χ3v) is 4.00. The normalized spacial score (nSPS) is 11.4. The first-order valence-corrected chi connectivity index (χ1v) is 8.40. The average molecular weight is 362 g/mol. The van der Waals surface area contributed by atoms with Gasteiger partial charge < -0.3 is 15.6 Å². The number of hydrogen-bond acceptors (Lipinski definition) is 8. The fraction of sp³-hybridized carbons (Fsp3) is 0.250. The third kappa shape index (κ3) is 6.24. The molecule has 0 radical (unpaired) electrons. The Morgan fingerprint density at radius 1 is 1.32 bits per heavy atom. The summed E-state index contributed by atoms with van der Waals surface area (Å²) in [6.45, 7) is 0.946. The fourth-order valence-electron chi connectivity index (χ4n) is 1.90. The standard InChI is InChI=1S/C16H22N6O2S/c1-24-14-5-4-13(19-10-14)11-22(18)21-16(17)12-2-6-15(7-3-12)25-20-8-9-23/h2-7,10,20,23H,8-9,11,18H2,1H3,(H2,17,21). The molecule has 0 aliphatic heterocycles. The number of aliphatic hydroxyl groups excluding tert-OH is 1. The first kappa shape index (κ1) is 19.0. The van der Waals surface area contributed by atoms with E-state index in [-0.39, 0.29) is 6.61 Å². The van der Waals surface area contributed by atoms with Crippen LogP contribution in [-0.4, -0.2) is 41.3 Å². The van der Waals surface area contributed by atoms with Crippen LogP contribution in [0.2, 0.25) is 0 Å². The molecule has 0 aliphatic carbocycles. The highest BCUT2D eigenvalue weighted by molar-refractivity contribution is 7.97. The van der Waals surface area contributed by atoms with Crippen molar-refractivity contribution >= 4 is 17.8 Å². The number of pyridine rings is 1. The van der Waals surface area contributed by atoms with Crippen LogP contribution in [0.5, 0.6) is 5.75 Å². The SMILES string of the molecule is COc1ccc(CN(N)/N=C(\N)c2ccc(SNCCO)cc2)nc1. The molecule has 2 aromatic rings. The van der Waals surface area contributed by atoms with Gasteiger partial charge in [-0.05, 0) is 36.2 Å². The zero-order valence-electron chi connectivity index (χ0n) is 13.9. The topological polar surface area (TPSA) is 122 Å². The summed E-state index contributed by atoms with van der Waals surface area (Å²) in [6.07, 6.45) is 1.62. The Morgan fingerprint density at radius 3 is 2.68 bits per heavy atom. The van der Waals surface area contributed by atoms with Crippen molar-refractivity contribution < 1.29 is 9.84 Å². The molecule has 0 bridgehead atoms. The van der Waals surface area contributed by atoms with Gasteiger partial charge in [0.05, 0.1) is 32.2 Å². The maximum atomic E-state index is 8.74. The Balaban J connectivity index is 1.94. The number of benzene rings is 1. The number of hydrazine groups is 1. The van der Waals surface area contributed by atoms with Gasteiger partial charge in [0.2, 0.25) is 0 Å². The summed E-state index contributed by atoms with van der Waals surface area (Å²) in [5.74, 6) is 6.88. The Labute approximate surface area is 151 Å². The lowest BCUT2D eigenvalue weighted by atomic mass is 10.2. The summed E-state index contributed by atoms with van der Waals surface area (Å²) in [4.78, 5) is 5.24. The molecule has 0 saturated heterocycles. The Kier molecular flexibility index (Phi) is 7.48. The molecule has 134 valence electrons. The molecule has 9 heteroatoms. The van der Waals surface area contributed by atoms with E-state index in [2.05, 4.69) is 14.8 Å². The number of nitrogens with one attached hydrogen (secondary N) is 1. The molecule has 0 atom stereocenters. The molecule has 1 heterocycles.